The van der Waals surface area contributed by atoms with E-state index in [0.717, 1.165) is 28.2 Å². The van der Waals surface area contributed by atoms with Crippen LogP contribution >= 0.6 is 35.0 Å². The summed E-state index contributed by atoms with van der Waals surface area (Å²) >= 11 is 13.9. The largest absolute Gasteiger partial charge is 0.352 e. The fourth-order valence-electron chi connectivity index (χ4n) is 3.91. The van der Waals surface area contributed by atoms with Crippen molar-refractivity contribution in [2.45, 2.75) is 63.1 Å². The second kappa shape index (κ2) is 15.1. The van der Waals surface area contributed by atoms with Crippen molar-refractivity contribution in [3.63, 3.8) is 0 Å². The van der Waals surface area contributed by atoms with Crippen LogP contribution in [0.25, 0.3) is 0 Å². The zero-order valence-corrected chi connectivity index (χ0v) is 23.7. The number of hydrogen-bond acceptors (Lipinski definition) is 3. The summed E-state index contributed by atoms with van der Waals surface area (Å²) in [5.41, 5.74) is 1.90. The van der Waals surface area contributed by atoms with Gasteiger partial charge in [-0.1, -0.05) is 72.6 Å². The summed E-state index contributed by atoms with van der Waals surface area (Å²) in [6, 6.07) is 24.4. The van der Waals surface area contributed by atoms with Crippen LogP contribution in [0.5, 0.6) is 0 Å². The van der Waals surface area contributed by atoms with E-state index >= 15 is 0 Å². The minimum absolute atomic E-state index is 0.0182. The molecule has 0 saturated heterocycles. The van der Waals surface area contributed by atoms with Gasteiger partial charge in [0.2, 0.25) is 11.8 Å². The Morgan fingerprint density at radius 3 is 2.30 bits per heavy atom. The number of carbonyl (C=O) groups excluding carboxylic acids is 2. The van der Waals surface area contributed by atoms with E-state index in [1.54, 1.807) is 16.7 Å². The Morgan fingerprint density at radius 2 is 1.62 bits per heavy atom. The molecule has 0 spiro atoms. The van der Waals surface area contributed by atoms with Crippen LogP contribution in [0.4, 0.5) is 0 Å². The highest BCUT2D eigenvalue weighted by Crippen LogP contribution is 2.23. The zero-order chi connectivity index (χ0) is 26.6. The van der Waals surface area contributed by atoms with E-state index in [1.807, 2.05) is 92.7 Å². The molecule has 0 unspecified atom stereocenters. The molecule has 0 aliphatic rings. The van der Waals surface area contributed by atoms with Crippen molar-refractivity contribution in [3.8, 4) is 0 Å². The molecule has 0 bridgehead atoms. The van der Waals surface area contributed by atoms with Gasteiger partial charge in [0.15, 0.2) is 0 Å². The van der Waals surface area contributed by atoms with Gasteiger partial charge in [0, 0.05) is 40.4 Å². The van der Waals surface area contributed by atoms with E-state index in [1.165, 1.54) is 0 Å². The third kappa shape index (κ3) is 9.73. The van der Waals surface area contributed by atoms with Gasteiger partial charge in [-0.15, -0.1) is 11.8 Å². The first-order chi connectivity index (χ1) is 17.9. The first-order valence-electron chi connectivity index (χ1n) is 12.6. The Hall–Kier alpha value is -2.47. The van der Waals surface area contributed by atoms with Crippen LogP contribution < -0.4 is 5.32 Å². The van der Waals surface area contributed by atoms with Crippen molar-refractivity contribution < 1.29 is 9.59 Å². The van der Waals surface area contributed by atoms with Gasteiger partial charge in [-0.25, -0.2) is 0 Å². The van der Waals surface area contributed by atoms with Gasteiger partial charge < -0.3 is 10.2 Å². The van der Waals surface area contributed by atoms with Crippen molar-refractivity contribution in [2.75, 3.05) is 5.75 Å². The maximum Gasteiger partial charge on any atom is 0.243 e. The normalized spacial score (nSPS) is 12.5. The van der Waals surface area contributed by atoms with Crippen molar-refractivity contribution in [1.29, 1.82) is 0 Å². The zero-order valence-electron chi connectivity index (χ0n) is 21.3. The molecule has 3 rings (SSSR count). The summed E-state index contributed by atoms with van der Waals surface area (Å²) in [7, 11) is 0. The Bertz CT molecular complexity index is 1140. The minimum atomic E-state index is -0.633. The van der Waals surface area contributed by atoms with Gasteiger partial charge in [0.25, 0.3) is 0 Å². The standard InChI is InChI=1S/C30H34Cl2N2O2S/c1-3-22(2)33-30(36)28(20-23-9-5-4-6-10-23)34(21-24-11-7-12-26(32)19-24)29(35)13-8-18-37-27-16-14-25(31)15-17-27/h4-7,9-12,14-17,19,22,28H,3,8,13,18,20-21H2,1-2H3,(H,33,36)/t22-,28-/m1/s1. The van der Waals surface area contributed by atoms with Crippen LogP contribution in [0.3, 0.4) is 0 Å². The average molecular weight is 558 g/mol. The van der Waals surface area contributed by atoms with Gasteiger partial charge in [-0.2, -0.15) is 0 Å². The van der Waals surface area contributed by atoms with E-state index in [9.17, 15) is 9.59 Å². The number of halogens is 2. The Kier molecular flexibility index (Phi) is 11.8. The second-order valence-electron chi connectivity index (χ2n) is 9.08. The quantitative estimate of drug-likeness (QED) is 0.176. The lowest BCUT2D eigenvalue weighted by Crippen LogP contribution is -2.52. The molecule has 0 heterocycles. The molecule has 1 N–H and O–H groups in total. The first-order valence-corrected chi connectivity index (χ1v) is 14.4. The number of thioether (sulfide) groups is 1. The van der Waals surface area contributed by atoms with Gasteiger partial charge in [-0.3, -0.25) is 9.59 Å². The molecule has 2 amide bonds. The van der Waals surface area contributed by atoms with E-state index < -0.39 is 6.04 Å². The molecule has 3 aromatic carbocycles. The van der Waals surface area contributed by atoms with E-state index in [2.05, 4.69) is 5.32 Å². The number of benzene rings is 3. The highest BCUT2D eigenvalue weighted by Gasteiger charge is 2.30. The third-order valence-corrected chi connectivity index (χ3v) is 7.72. The number of nitrogens with zero attached hydrogens (tertiary/aromatic N) is 1. The van der Waals surface area contributed by atoms with Gasteiger partial charge in [-0.05, 0) is 73.0 Å². The van der Waals surface area contributed by atoms with Gasteiger partial charge in [0.1, 0.15) is 6.04 Å². The summed E-state index contributed by atoms with van der Waals surface area (Å²) in [6.45, 7) is 4.33. The maximum atomic E-state index is 13.7. The molecule has 0 aromatic heterocycles. The molecular formula is C30H34Cl2N2O2S. The second-order valence-corrected chi connectivity index (χ2v) is 11.1. The van der Waals surface area contributed by atoms with Gasteiger partial charge >= 0.3 is 0 Å². The van der Waals surface area contributed by atoms with Crippen LogP contribution in [-0.4, -0.2) is 34.6 Å². The molecule has 0 fully saturated rings. The molecule has 0 aliphatic carbocycles. The number of carbonyl (C=O) groups is 2. The summed E-state index contributed by atoms with van der Waals surface area (Å²) in [5, 5.41) is 4.41. The molecule has 0 aliphatic heterocycles. The van der Waals surface area contributed by atoms with Crippen LogP contribution in [0, 0.1) is 0 Å². The van der Waals surface area contributed by atoms with Crippen molar-refractivity contribution >= 4 is 46.8 Å². The lowest BCUT2D eigenvalue weighted by atomic mass is 10.0. The molecule has 2 atom stereocenters. The topological polar surface area (TPSA) is 49.4 Å². The van der Waals surface area contributed by atoms with Crippen LogP contribution in [0.15, 0.2) is 83.8 Å². The summed E-state index contributed by atoms with van der Waals surface area (Å²) < 4.78 is 0. The van der Waals surface area contributed by atoms with Crippen LogP contribution in [0.2, 0.25) is 10.0 Å². The summed E-state index contributed by atoms with van der Waals surface area (Å²) in [5.74, 6) is 0.613. The van der Waals surface area contributed by atoms with Crippen molar-refractivity contribution in [3.05, 3.63) is 100 Å². The smallest absolute Gasteiger partial charge is 0.243 e. The molecule has 7 heteroatoms. The lowest BCUT2D eigenvalue weighted by Gasteiger charge is -2.32. The summed E-state index contributed by atoms with van der Waals surface area (Å²) in [6.07, 6.45) is 2.30. The SMILES string of the molecule is CC[C@@H](C)NC(=O)[C@@H](Cc1ccccc1)N(Cc1cccc(Cl)c1)C(=O)CCCSc1ccc(Cl)cc1. The molecule has 37 heavy (non-hydrogen) atoms. The van der Waals surface area contributed by atoms with E-state index in [4.69, 9.17) is 23.2 Å². The highest BCUT2D eigenvalue weighted by atomic mass is 35.5. The average Bonchev–Trinajstić information content (AvgIpc) is 2.90. The number of amides is 2. The molecule has 4 nitrogen and oxygen atoms in total. The van der Waals surface area contributed by atoms with Crippen molar-refractivity contribution in [2.24, 2.45) is 0 Å². The van der Waals surface area contributed by atoms with Crippen LogP contribution in [0.1, 0.15) is 44.2 Å². The Labute approximate surface area is 234 Å². The van der Waals surface area contributed by atoms with Crippen molar-refractivity contribution in [1.82, 2.24) is 10.2 Å². The van der Waals surface area contributed by atoms with Gasteiger partial charge in [0.05, 0.1) is 0 Å². The highest BCUT2D eigenvalue weighted by molar-refractivity contribution is 7.99. The number of rotatable bonds is 13. The Balaban J connectivity index is 1.79. The first kappa shape index (κ1) is 29.1. The molecule has 0 radical (unpaired) electrons. The minimum Gasteiger partial charge on any atom is -0.352 e. The fourth-order valence-corrected chi connectivity index (χ4v) is 5.11. The molecule has 0 saturated carbocycles. The van der Waals surface area contributed by atoms with E-state index in [0.29, 0.717) is 35.9 Å². The molecule has 3 aromatic rings. The Morgan fingerprint density at radius 1 is 0.919 bits per heavy atom. The monoisotopic (exact) mass is 556 g/mol. The van der Waals surface area contributed by atoms with E-state index in [-0.39, 0.29) is 17.9 Å². The summed E-state index contributed by atoms with van der Waals surface area (Å²) in [4.78, 5) is 30.0. The predicted molar refractivity (Wildman–Crippen MR) is 155 cm³/mol. The predicted octanol–water partition coefficient (Wildman–Crippen LogP) is 7.42. The molecular weight excluding hydrogens is 523 g/mol. The third-order valence-electron chi connectivity index (χ3n) is 6.13. The maximum absolute atomic E-state index is 13.7. The van der Waals surface area contributed by atoms with Crippen LogP contribution in [-0.2, 0) is 22.6 Å². The number of nitrogens with one attached hydrogen (secondary N) is 1. The number of hydrogen-bond donors (Lipinski definition) is 1. The fraction of sp³-hybridized carbons (Fsp3) is 0.333. The lowest BCUT2D eigenvalue weighted by molar-refractivity contribution is -0.141. The molecule has 196 valence electrons.